The van der Waals surface area contributed by atoms with Gasteiger partial charge < -0.3 is 10.4 Å². The smallest absolute Gasteiger partial charge is 0.257 e. The van der Waals surface area contributed by atoms with E-state index in [0.717, 1.165) is 0 Å². The van der Waals surface area contributed by atoms with Gasteiger partial charge in [-0.2, -0.15) is 5.26 Å². The number of rotatable bonds is 4. The van der Waals surface area contributed by atoms with E-state index in [4.69, 9.17) is 16.9 Å². The van der Waals surface area contributed by atoms with Crippen molar-refractivity contribution in [1.29, 1.82) is 5.26 Å². The SMILES string of the molecule is CC[C@](O)(C(=O)N[C@H](C)C#N)c1cccc(Cl)c1. The van der Waals surface area contributed by atoms with E-state index in [1.54, 1.807) is 38.1 Å². The average molecular weight is 267 g/mol. The average Bonchev–Trinajstić information content (AvgIpc) is 2.37. The van der Waals surface area contributed by atoms with Crippen LogP contribution in [0.2, 0.25) is 5.02 Å². The summed E-state index contributed by atoms with van der Waals surface area (Å²) in [5.74, 6) is -0.596. The summed E-state index contributed by atoms with van der Waals surface area (Å²) in [5, 5.41) is 22.0. The van der Waals surface area contributed by atoms with Crippen LogP contribution in [-0.2, 0) is 10.4 Å². The molecule has 96 valence electrons. The zero-order valence-corrected chi connectivity index (χ0v) is 11.0. The highest BCUT2D eigenvalue weighted by Crippen LogP contribution is 2.27. The van der Waals surface area contributed by atoms with Crippen molar-refractivity contribution in [3.63, 3.8) is 0 Å². The fourth-order valence-electron chi connectivity index (χ4n) is 1.59. The van der Waals surface area contributed by atoms with E-state index in [-0.39, 0.29) is 6.42 Å². The second-order valence-electron chi connectivity index (χ2n) is 4.05. The molecule has 1 rings (SSSR count). The van der Waals surface area contributed by atoms with Crippen LogP contribution < -0.4 is 5.32 Å². The number of nitrogens with one attached hydrogen (secondary N) is 1. The normalized spacial score (nSPS) is 15.3. The van der Waals surface area contributed by atoms with Crippen molar-refractivity contribution in [2.24, 2.45) is 0 Å². The lowest BCUT2D eigenvalue weighted by Gasteiger charge is -2.26. The highest BCUT2D eigenvalue weighted by atomic mass is 35.5. The summed E-state index contributed by atoms with van der Waals surface area (Å²) in [6.07, 6.45) is 0.192. The van der Waals surface area contributed by atoms with Crippen molar-refractivity contribution in [3.8, 4) is 6.07 Å². The third-order valence-electron chi connectivity index (χ3n) is 2.73. The lowest BCUT2D eigenvalue weighted by atomic mass is 9.90. The van der Waals surface area contributed by atoms with Crippen LogP contribution in [0.5, 0.6) is 0 Å². The largest absolute Gasteiger partial charge is 0.375 e. The molecule has 0 aliphatic rings. The van der Waals surface area contributed by atoms with Gasteiger partial charge in [-0.1, -0.05) is 30.7 Å². The second kappa shape index (κ2) is 5.85. The van der Waals surface area contributed by atoms with Crippen LogP contribution in [-0.4, -0.2) is 17.1 Å². The fraction of sp³-hybridized carbons (Fsp3) is 0.385. The number of aliphatic hydroxyl groups is 1. The molecule has 0 saturated carbocycles. The monoisotopic (exact) mass is 266 g/mol. The molecule has 0 aromatic heterocycles. The zero-order valence-electron chi connectivity index (χ0n) is 10.3. The molecule has 0 aliphatic carbocycles. The van der Waals surface area contributed by atoms with E-state index in [9.17, 15) is 9.90 Å². The Balaban J connectivity index is 3.06. The van der Waals surface area contributed by atoms with Gasteiger partial charge in [0.2, 0.25) is 0 Å². The van der Waals surface area contributed by atoms with Crippen LogP contribution in [0.1, 0.15) is 25.8 Å². The third-order valence-corrected chi connectivity index (χ3v) is 2.97. The summed E-state index contributed by atoms with van der Waals surface area (Å²) in [6.45, 7) is 3.24. The molecule has 1 amide bonds. The molecule has 0 unspecified atom stereocenters. The summed E-state index contributed by atoms with van der Waals surface area (Å²) in [4.78, 5) is 12.0. The maximum Gasteiger partial charge on any atom is 0.257 e. The molecular formula is C13H15ClN2O2. The third kappa shape index (κ3) is 3.00. The van der Waals surface area contributed by atoms with Gasteiger partial charge in [-0.25, -0.2) is 0 Å². The topological polar surface area (TPSA) is 73.1 Å². The quantitative estimate of drug-likeness (QED) is 0.875. The second-order valence-corrected chi connectivity index (χ2v) is 4.48. The maximum absolute atomic E-state index is 12.0. The van der Waals surface area contributed by atoms with E-state index in [2.05, 4.69) is 5.32 Å². The minimum atomic E-state index is -1.67. The highest BCUT2D eigenvalue weighted by Gasteiger charge is 2.36. The van der Waals surface area contributed by atoms with Crippen LogP contribution in [0, 0.1) is 11.3 Å². The summed E-state index contributed by atoms with van der Waals surface area (Å²) >= 11 is 5.85. The van der Waals surface area contributed by atoms with Gasteiger partial charge in [0.15, 0.2) is 5.60 Å². The highest BCUT2D eigenvalue weighted by molar-refractivity contribution is 6.30. The predicted octanol–water partition coefficient (Wildman–Crippen LogP) is 1.97. The van der Waals surface area contributed by atoms with Crippen LogP contribution in [0.15, 0.2) is 24.3 Å². The van der Waals surface area contributed by atoms with Crippen molar-refractivity contribution in [1.82, 2.24) is 5.32 Å². The van der Waals surface area contributed by atoms with E-state index in [1.165, 1.54) is 0 Å². The Labute approximate surface area is 111 Å². The van der Waals surface area contributed by atoms with Gasteiger partial charge >= 0.3 is 0 Å². The van der Waals surface area contributed by atoms with Gasteiger partial charge in [0, 0.05) is 5.02 Å². The molecule has 5 heteroatoms. The van der Waals surface area contributed by atoms with Gasteiger partial charge in [0.25, 0.3) is 5.91 Å². The number of carbonyl (C=O) groups is 1. The van der Waals surface area contributed by atoms with Gasteiger partial charge in [0.1, 0.15) is 6.04 Å². The number of nitrogens with zero attached hydrogens (tertiary/aromatic N) is 1. The van der Waals surface area contributed by atoms with Gasteiger partial charge in [0.05, 0.1) is 6.07 Å². The Hall–Kier alpha value is -1.57. The number of carbonyl (C=O) groups excluding carboxylic acids is 1. The standard InChI is InChI=1S/C13H15ClN2O2/c1-3-13(18,12(17)16-9(2)8-15)10-5-4-6-11(14)7-10/h4-7,9,18H,3H2,1-2H3,(H,16,17)/t9-,13-/m1/s1. The minimum absolute atomic E-state index is 0.192. The molecule has 4 nitrogen and oxygen atoms in total. The van der Waals surface area contributed by atoms with E-state index in [0.29, 0.717) is 10.6 Å². The fourth-order valence-corrected chi connectivity index (χ4v) is 1.78. The molecular weight excluding hydrogens is 252 g/mol. The van der Waals surface area contributed by atoms with Gasteiger partial charge in [-0.15, -0.1) is 0 Å². The lowest BCUT2D eigenvalue weighted by molar-refractivity contribution is -0.141. The maximum atomic E-state index is 12.0. The van der Waals surface area contributed by atoms with Crippen molar-refractivity contribution < 1.29 is 9.90 Å². The first-order chi connectivity index (χ1) is 8.43. The van der Waals surface area contributed by atoms with Crippen LogP contribution >= 0.6 is 11.6 Å². The first-order valence-corrected chi connectivity index (χ1v) is 6.01. The molecule has 18 heavy (non-hydrogen) atoms. The number of halogens is 1. The molecule has 0 aliphatic heterocycles. The van der Waals surface area contributed by atoms with E-state index in [1.807, 2.05) is 6.07 Å². The Kier molecular flexibility index (Phi) is 4.71. The van der Waals surface area contributed by atoms with E-state index >= 15 is 0 Å². The summed E-state index contributed by atoms with van der Waals surface area (Å²) < 4.78 is 0. The van der Waals surface area contributed by atoms with Crippen LogP contribution in [0.3, 0.4) is 0 Å². The van der Waals surface area contributed by atoms with Crippen molar-refractivity contribution >= 4 is 17.5 Å². The molecule has 0 fully saturated rings. The number of nitriles is 1. The summed E-state index contributed by atoms with van der Waals surface area (Å²) in [5.41, 5.74) is -1.25. The summed E-state index contributed by atoms with van der Waals surface area (Å²) in [6, 6.07) is 7.73. The lowest BCUT2D eigenvalue weighted by Crippen LogP contribution is -2.47. The Morgan fingerprint density at radius 1 is 1.67 bits per heavy atom. The number of hydrogen-bond donors (Lipinski definition) is 2. The van der Waals surface area contributed by atoms with Crippen molar-refractivity contribution in [3.05, 3.63) is 34.9 Å². The molecule has 1 aromatic rings. The number of hydrogen-bond acceptors (Lipinski definition) is 3. The van der Waals surface area contributed by atoms with Crippen molar-refractivity contribution in [2.45, 2.75) is 31.9 Å². The Morgan fingerprint density at radius 3 is 2.83 bits per heavy atom. The zero-order chi connectivity index (χ0) is 13.8. The first-order valence-electron chi connectivity index (χ1n) is 5.63. The predicted molar refractivity (Wildman–Crippen MR) is 68.9 cm³/mol. The molecule has 0 bridgehead atoms. The molecule has 0 spiro atoms. The molecule has 0 saturated heterocycles. The van der Waals surface area contributed by atoms with Gasteiger partial charge in [-0.05, 0) is 31.0 Å². The Bertz CT molecular complexity index is 484. The number of benzene rings is 1. The Morgan fingerprint density at radius 2 is 2.33 bits per heavy atom. The summed E-state index contributed by atoms with van der Waals surface area (Å²) in [7, 11) is 0. The first kappa shape index (κ1) is 14.5. The molecule has 0 radical (unpaired) electrons. The van der Waals surface area contributed by atoms with Crippen LogP contribution in [0.25, 0.3) is 0 Å². The van der Waals surface area contributed by atoms with E-state index < -0.39 is 17.6 Å². The van der Waals surface area contributed by atoms with Crippen LogP contribution in [0.4, 0.5) is 0 Å². The molecule has 1 aromatic carbocycles. The molecule has 2 N–H and O–H groups in total. The number of amides is 1. The molecule has 0 heterocycles. The molecule has 2 atom stereocenters. The van der Waals surface area contributed by atoms with Crippen molar-refractivity contribution in [2.75, 3.05) is 0 Å². The van der Waals surface area contributed by atoms with Gasteiger partial charge in [-0.3, -0.25) is 4.79 Å². The minimum Gasteiger partial charge on any atom is -0.375 e.